The molecule has 8 nitrogen and oxygen atoms in total. The number of rotatable bonds is 7. The van der Waals surface area contributed by atoms with Crippen molar-refractivity contribution in [3.05, 3.63) is 60.3 Å². The van der Waals surface area contributed by atoms with E-state index in [0.717, 1.165) is 5.56 Å². The van der Waals surface area contributed by atoms with E-state index in [1.807, 2.05) is 6.07 Å². The highest BCUT2D eigenvalue weighted by molar-refractivity contribution is 7.91. The molecule has 29 heavy (non-hydrogen) atoms. The van der Waals surface area contributed by atoms with E-state index in [2.05, 4.69) is 10.5 Å². The molecule has 0 atom stereocenters. The Bertz CT molecular complexity index is 1120. The Morgan fingerprint density at radius 1 is 1.03 bits per heavy atom. The van der Waals surface area contributed by atoms with Crippen LogP contribution in [0.2, 0.25) is 0 Å². The molecule has 0 spiro atoms. The lowest BCUT2D eigenvalue weighted by atomic mass is 10.1. The van der Waals surface area contributed by atoms with Gasteiger partial charge in [0.25, 0.3) is 0 Å². The number of carbonyl (C=O) groups is 1. The van der Waals surface area contributed by atoms with Gasteiger partial charge in [0.05, 0.1) is 17.2 Å². The number of sulfone groups is 1. The molecule has 3 aromatic rings. The molecule has 150 valence electrons. The first-order valence-corrected chi connectivity index (χ1v) is 10.6. The summed E-state index contributed by atoms with van der Waals surface area (Å²) in [6.45, 7) is 0.324. The van der Waals surface area contributed by atoms with E-state index in [4.69, 9.17) is 14.0 Å². The highest BCUT2D eigenvalue weighted by atomic mass is 32.2. The number of ether oxygens (including phenoxy) is 2. The summed E-state index contributed by atoms with van der Waals surface area (Å²) in [6.07, 6.45) is -0.135. The van der Waals surface area contributed by atoms with Crippen LogP contribution in [-0.4, -0.2) is 32.0 Å². The Kier molecular flexibility index (Phi) is 5.22. The average Bonchev–Trinajstić information content (AvgIpc) is 3.40. The normalized spacial score (nSPS) is 12.7. The summed E-state index contributed by atoms with van der Waals surface area (Å²) in [5.41, 5.74) is 1.30. The minimum absolute atomic E-state index is 0.135. The number of hydrogen-bond donors (Lipinski definition) is 1. The van der Waals surface area contributed by atoms with E-state index in [9.17, 15) is 13.2 Å². The van der Waals surface area contributed by atoms with Gasteiger partial charge in [-0.3, -0.25) is 4.79 Å². The van der Waals surface area contributed by atoms with Crippen molar-refractivity contribution in [2.24, 2.45) is 0 Å². The quantitative estimate of drug-likeness (QED) is 0.633. The van der Waals surface area contributed by atoms with E-state index in [1.54, 1.807) is 36.4 Å². The van der Waals surface area contributed by atoms with Crippen LogP contribution in [0.4, 0.5) is 0 Å². The van der Waals surface area contributed by atoms with Gasteiger partial charge in [-0.15, -0.1) is 0 Å². The summed E-state index contributed by atoms with van der Waals surface area (Å²) in [6, 6.07) is 15.2. The number of aromatic nitrogens is 1. The number of nitrogens with zero attached hydrogens (tertiary/aromatic N) is 1. The van der Waals surface area contributed by atoms with E-state index in [-0.39, 0.29) is 36.3 Å². The van der Waals surface area contributed by atoms with Crippen LogP contribution >= 0.6 is 0 Å². The third-order valence-corrected chi connectivity index (χ3v) is 6.11. The van der Waals surface area contributed by atoms with Crippen LogP contribution in [-0.2, 0) is 21.2 Å². The zero-order valence-electron chi connectivity index (χ0n) is 15.3. The molecule has 1 amide bonds. The van der Waals surface area contributed by atoms with Gasteiger partial charge in [0.1, 0.15) is 5.69 Å². The number of hydrogen-bond acceptors (Lipinski definition) is 7. The molecule has 2 aromatic carbocycles. The maximum Gasteiger partial charge on any atom is 0.231 e. The standard InChI is InChI=1S/C20H18N2O6S/c23-20(8-9-29(24,25)16-4-2-1-3-5-16)21-12-15-11-18(28-22-15)14-6-7-17-19(10-14)27-13-26-17/h1-7,10-11H,8-9,12-13H2,(H,21,23). The molecule has 1 N–H and O–H groups in total. The molecule has 1 aliphatic rings. The fourth-order valence-electron chi connectivity index (χ4n) is 2.83. The lowest BCUT2D eigenvalue weighted by molar-refractivity contribution is -0.120. The molecule has 4 rings (SSSR count). The van der Waals surface area contributed by atoms with Gasteiger partial charge in [0, 0.05) is 18.1 Å². The van der Waals surface area contributed by atoms with Crippen LogP contribution in [0.5, 0.6) is 11.5 Å². The fraction of sp³-hybridized carbons (Fsp3) is 0.200. The molecular formula is C20H18N2O6S. The summed E-state index contributed by atoms with van der Waals surface area (Å²) in [5, 5.41) is 6.59. The molecule has 0 bridgehead atoms. The smallest absolute Gasteiger partial charge is 0.231 e. The second kappa shape index (κ2) is 7.96. The van der Waals surface area contributed by atoms with Crippen molar-refractivity contribution >= 4 is 15.7 Å². The van der Waals surface area contributed by atoms with Crippen LogP contribution in [0.15, 0.2) is 64.0 Å². The first kappa shape index (κ1) is 19.0. The van der Waals surface area contributed by atoms with E-state index < -0.39 is 9.84 Å². The summed E-state index contributed by atoms with van der Waals surface area (Å²) in [7, 11) is -3.49. The molecule has 0 aliphatic carbocycles. The number of fused-ring (bicyclic) bond motifs is 1. The van der Waals surface area contributed by atoms with Crippen LogP contribution in [0.3, 0.4) is 0 Å². The van der Waals surface area contributed by atoms with Crippen molar-refractivity contribution in [2.75, 3.05) is 12.5 Å². The van der Waals surface area contributed by atoms with Gasteiger partial charge < -0.3 is 19.3 Å². The molecular weight excluding hydrogens is 396 g/mol. The summed E-state index contributed by atoms with van der Waals surface area (Å²) >= 11 is 0. The van der Waals surface area contributed by atoms with Gasteiger partial charge >= 0.3 is 0 Å². The van der Waals surface area contributed by atoms with Gasteiger partial charge in [-0.05, 0) is 30.3 Å². The Balaban J connectivity index is 1.31. The summed E-state index contributed by atoms with van der Waals surface area (Å²) < 4.78 is 40.4. The van der Waals surface area contributed by atoms with E-state index in [0.29, 0.717) is 23.0 Å². The zero-order valence-corrected chi connectivity index (χ0v) is 16.1. The van der Waals surface area contributed by atoms with Gasteiger partial charge in [-0.2, -0.15) is 0 Å². The SMILES string of the molecule is O=C(CCS(=O)(=O)c1ccccc1)NCc1cc(-c2ccc3c(c2)OCO3)on1. The van der Waals surface area contributed by atoms with Crippen molar-refractivity contribution in [3.63, 3.8) is 0 Å². The van der Waals surface area contributed by atoms with Crippen molar-refractivity contribution in [2.45, 2.75) is 17.9 Å². The van der Waals surface area contributed by atoms with Crippen LogP contribution in [0.1, 0.15) is 12.1 Å². The maximum absolute atomic E-state index is 12.2. The lowest BCUT2D eigenvalue weighted by Crippen LogP contribution is -2.25. The topological polar surface area (TPSA) is 108 Å². The number of carbonyl (C=O) groups excluding carboxylic acids is 1. The van der Waals surface area contributed by atoms with Crippen LogP contribution < -0.4 is 14.8 Å². The van der Waals surface area contributed by atoms with Gasteiger partial charge in [0.15, 0.2) is 27.1 Å². The highest BCUT2D eigenvalue weighted by Crippen LogP contribution is 2.35. The molecule has 9 heteroatoms. The van der Waals surface area contributed by atoms with Crippen molar-refractivity contribution in [1.29, 1.82) is 0 Å². The second-order valence-corrected chi connectivity index (χ2v) is 8.52. The summed E-state index contributed by atoms with van der Waals surface area (Å²) in [5.74, 6) is 1.19. The zero-order chi connectivity index (χ0) is 20.3. The van der Waals surface area contributed by atoms with E-state index >= 15 is 0 Å². The van der Waals surface area contributed by atoms with Crippen molar-refractivity contribution in [3.8, 4) is 22.8 Å². The molecule has 0 saturated carbocycles. The number of amides is 1. The molecule has 0 fully saturated rings. The Labute approximate surface area is 167 Å². The molecule has 2 heterocycles. The minimum atomic E-state index is -3.49. The summed E-state index contributed by atoms with van der Waals surface area (Å²) in [4.78, 5) is 12.2. The predicted molar refractivity (Wildman–Crippen MR) is 103 cm³/mol. The Morgan fingerprint density at radius 2 is 1.83 bits per heavy atom. The number of benzene rings is 2. The Morgan fingerprint density at radius 3 is 2.66 bits per heavy atom. The Hall–Kier alpha value is -3.33. The molecule has 0 unspecified atom stereocenters. The predicted octanol–water partition coefficient (Wildman–Crippen LogP) is 2.55. The van der Waals surface area contributed by atoms with Crippen molar-refractivity contribution in [1.82, 2.24) is 10.5 Å². The fourth-order valence-corrected chi connectivity index (χ4v) is 4.09. The second-order valence-electron chi connectivity index (χ2n) is 6.41. The van der Waals surface area contributed by atoms with Gasteiger partial charge in [0.2, 0.25) is 12.7 Å². The van der Waals surface area contributed by atoms with Crippen LogP contribution in [0.25, 0.3) is 11.3 Å². The minimum Gasteiger partial charge on any atom is -0.454 e. The third-order valence-electron chi connectivity index (χ3n) is 4.38. The monoisotopic (exact) mass is 414 g/mol. The third kappa shape index (κ3) is 4.40. The first-order chi connectivity index (χ1) is 14.0. The van der Waals surface area contributed by atoms with Crippen LogP contribution in [0, 0.1) is 0 Å². The van der Waals surface area contributed by atoms with Gasteiger partial charge in [-0.25, -0.2) is 8.42 Å². The molecule has 0 saturated heterocycles. The molecule has 1 aromatic heterocycles. The first-order valence-electron chi connectivity index (χ1n) is 8.91. The number of nitrogens with one attached hydrogen (secondary N) is 1. The molecule has 0 radical (unpaired) electrons. The lowest BCUT2D eigenvalue weighted by Gasteiger charge is -2.05. The van der Waals surface area contributed by atoms with Gasteiger partial charge in [-0.1, -0.05) is 23.4 Å². The maximum atomic E-state index is 12.2. The van der Waals surface area contributed by atoms with Crippen molar-refractivity contribution < 1.29 is 27.2 Å². The molecule has 1 aliphatic heterocycles. The highest BCUT2D eigenvalue weighted by Gasteiger charge is 2.18. The van der Waals surface area contributed by atoms with E-state index in [1.165, 1.54) is 12.1 Å². The largest absolute Gasteiger partial charge is 0.454 e. The average molecular weight is 414 g/mol.